The zero-order valence-electron chi connectivity index (χ0n) is 8.43. The Kier molecular flexibility index (Phi) is 5.22. The van der Waals surface area contributed by atoms with Gasteiger partial charge >= 0.3 is 0 Å². The van der Waals surface area contributed by atoms with E-state index in [-0.39, 0.29) is 17.3 Å². The number of halogens is 1. The summed E-state index contributed by atoms with van der Waals surface area (Å²) in [7, 11) is -3.75. The second kappa shape index (κ2) is 5.69. The van der Waals surface area contributed by atoms with Crippen molar-refractivity contribution in [2.75, 3.05) is 5.43 Å². The third kappa shape index (κ3) is 3.69. The average Bonchev–Trinajstić information content (AvgIpc) is 2.16. The van der Waals surface area contributed by atoms with Gasteiger partial charge in [-0.2, -0.15) is 0 Å². The predicted molar refractivity (Wildman–Crippen MR) is 62.5 cm³/mol. The van der Waals surface area contributed by atoms with Crippen molar-refractivity contribution in [3.8, 4) is 0 Å². The van der Waals surface area contributed by atoms with Gasteiger partial charge in [-0.05, 0) is 24.3 Å². The average molecular weight is 266 g/mol. The molecule has 16 heavy (non-hydrogen) atoms. The van der Waals surface area contributed by atoms with E-state index < -0.39 is 15.9 Å². The predicted octanol–water partition coefficient (Wildman–Crippen LogP) is 0.219. The van der Waals surface area contributed by atoms with Crippen LogP contribution in [0.4, 0.5) is 5.69 Å². The van der Waals surface area contributed by atoms with Gasteiger partial charge in [0, 0.05) is 12.6 Å². The Bertz CT molecular complexity index is 458. The fraction of sp³-hybridized carbons (Fsp3) is 0.125. The van der Waals surface area contributed by atoms with Gasteiger partial charge in [0.2, 0.25) is 5.91 Å². The number of carbonyl (C=O) groups is 1. The molecule has 8 heteroatoms. The van der Waals surface area contributed by atoms with Gasteiger partial charge in [-0.15, -0.1) is 12.4 Å². The molecule has 0 aliphatic rings. The molecule has 6 nitrogen and oxygen atoms in total. The summed E-state index contributed by atoms with van der Waals surface area (Å²) in [5.41, 5.74) is 2.94. The lowest BCUT2D eigenvalue weighted by atomic mass is 10.3. The van der Waals surface area contributed by atoms with Gasteiger partial charge in [-0.3, -0.25) is 10.6 Å². The molecular formula is C8H12ClN3O3S. The first-order chi connectivity index (χ1) is 6.95. The molecule has 0 fully saturated rings. The standard InChI is InChI=1S/C8H11N3O3S.ClH/c1-6(12)11-15(13,14)8-4-2-7(10-9)3-5-8;/h2-5,10H,9H2,1H3,(H,11,12);1H. The molecule has 0 spiro atoms. The first kappa shape index (κ1) is 14.7. The number of benzene rings is 1. The molecule has 0 unspecified atom stereocenters. The van der Waals surface area contributed by atoms with Gasteiger partial charge in [0.05, 0.1) is 4.90 Å². The van der Waals surface area contributed by atoms with Crippen LogP contribution in [0.15, 0.2) is 29.2 Å². The largest absolute Gasteiger partial charge is 0.324 e. The Balaban J connectivity index is 0.00000225. The van der Waals surface area contributed by atoms with Crippen molar-refractivity contribution >= 4 is 34.0 Å². The van der Waals surface area contributed by atoms with Gasteiger partial charge in [0.25, 0.3) is 10.0 Å². The molecule has 0 bridgehead atoms. The number of sulfonamides is 1. The maximum absolute atomic E-state index is 11.5. The van der Waals surface area contributed by atoms with Crippen molar-refractivity contribution in [3.05, 3.63) is 24.3 Å². The fourth-order valence-electron chi connectivity index (χ4n) is 0.978. The number of carbonyl (C=O) groups excluding carboxylic acids is 1. The lowest BCUT2D eigenvalue weighted by molar-refractivity contribution is -0.117. The highest BCUT2D eigenvalue weighted by Crippen LogP contribution is 2.12. The Morgan fingerprint density at radius 3 is 2.12 bits per heavy atom. The van der Waals surface area contributed by atoms with Crippen molar-refractivity contribution in [3.63, 3.8) is 0 Å². The Hall–Kier alpha value is -1.31. The molecule has 0 saturated carbocycles. The molecule has 0 heterocycles. The highest BCUT2D eigenvalue weighted by Gasteiger charge is 2.14. The van der Waals surface area contributed by atoms with E-state index in [0.717, 1.165) is 6.92 Å². The summed E-state index contributed by atoms with van der Waals surface area (Å²) < 4.78 is 24.8. The van der Waals surface area contributed by atoms with Crippen molar-refractivity contribution in [1.29, 1.82) is 0 Å². The van der Waals surface area contributed by atoms with Gasteiger partial charge in [0.15, 0.2) is 0 Å². The molecule has 0 saturated heterocycles. The third-order valence-corrected chi connectivity index (χ3v) is 3.06. The monoisotopic (exact) mass is 265 g/mol. The van der Waals surface area contributed by atoms with Crippen LogP contribution >= 0.6 is 12.4 Å². The first-order valence-corrected chi connectivity index (χ1v) is 5.54. The van der Waals surface area contributed by atoms with Crippen LogP contribution in [0.5, 0.6) is 0 Å². The molecule has 0 atom stereocenters. The molecule has 1 aromatic rings. The summed E-state index contributed by atoms with van der Waals surface area (Å²) >= 11 is 0. The molecule has 0 aromatic heterocycles. The highest BCUT2D eigenvalue weighted by atomic mass is 35.5. The Morgan fingerprint density at radius 1 is 1.25 bits per heavy atom. The number of nitrogen functional groups attached to an aromatic ring is 1. The fourth-order valence-corrected chi connectivity index (χ4v) is 1.97. The molecule has 90 valence electrons. The first-order valence-electron chi connectivity index (χ1n) is 4.06. The lowest BCUT2D eigenvalue weighted by Gasteiger charge is -2.05. The summed E-state index contributed by atoms with van der Waals surface area (Å²) in [5, 5.41) is 0. The number of anilines is 1. The molecule has 0 aliphatic heterocycles. The Morgan fingerprint density at radius 2 is 1.75 bits per heavy atom. The minimum absolute atomic E-state index is 0. The van der Waals surface area contributed by atoms with Crippen LogP contribution in [0.3, 0.4) is 0 Å². The van der Waals surface area contributed by atoms with Crippen LogP contribution in [0, 0.1) is 0 Å². The zero-order chi connectivity index (χ0) is 11.5. The SMILES string of the molecule is CC(=O)NS(=O)(=O)c1ccc(NN)cc1.Cl. The summed E-state index contributed by atoms with van der Waals surface area (Å²) in [5.74, 6) is 4.49. The normalized spacial score (nSPS) is 10.1. The molecule has 4 N–H and O–H groups in total. The van der Waals surface area contributed by atoms with Gasteiger partial charge in [0.1, 0.15) is 0 Å². The van der Waals surface area contributed by atoms with E-state index >= 15 is 0 Å². The topological polar surface area (TPSA) is 101 Å². The van der Waals surface area contributed by atoms with Crippen LogP contribution in [0.1, 0.15) is 6.92 Å². The summed E-state index contributed by atoms with van der Waals surface area (Å²) in [4.78, 5) is 10.6. The van der Waals surface area contributed by atoms with E-state index in [2.05, 4.69) is 5.43 Å². The minimum Gasteiger partial charge on any atom is -0.324 e. The van der Waals surface area contributed by atoms with Crippen LogP contribution in [0.2, 0.25) is 0 Å². The van der Waals surface area contributed by atoms with Crippen LogP contribution in [-0.2, 0) is 14.8 Å². The number of hydrogen-bond acceptors (Lipinski definition) is 5. The highest BCUT2D eigenvalue weighted by molar-refractivity contribution is 7.90. The van der Waals surface area contributed by atoms with E-state index in [4.69, 9.17) is 5.84 Å². The van der Waals surface area contributed by atoms with Crippen molar-refractivity contribution in [2.45, 2.75) is 11.8 Å². The molecule has 1 aromatic carbocycles. The molecule has 0 radical (unpaired) electrons. The van der Waals surface area contributed by atoms with E-state index in [1.54, 1.807) is 0 Å². The zero-order valence-corrected chi connectivity index (χ0v) is 10.1. The van der Waals surface area contributed by atoms with Crippen molar-refractivity contribution in [1.82, 2.24) is 4.72 Å². The number of rotatable bonds is 3. The molecular weight excluding hydrogens is 254 g/mol. The third-order valence-electron chi connectivity index (χ3n) is 1.61. The van der Waals surface area contributed by atoms with Crippen LogP contribution < -0.4 is 16.0 Å². The second-order valence-electron chi connectivity index (χ2n) is 2.83. The molecule has 0 aliphatic carbocycles. The minimum atomic E-state index is -3.75. The smallest absolute Gasteiger partial charge is 0.264 e. The molecule has 1 rings (SSSR count). The Labute approximate surface area is 99.6 Å². The summed E-state index contributed by atoms with van der Waals surface area (Å²) in [6.45, 7) is 1.13. The van der Waals surface area contributed by atoms with E-state index in [1.807, 2.05) is 4.72 Å². The number of hydrogen-bond donors (Lipinski definition) is 3. The van der Waals surface area contributed by atoms with Crippen LogP contribution in [-0.4, -0.2) is 14.3 Å². The maximum Gasteiger partial charge on any atom is 0.264 e. The number of hydrazine groups is 1. The van der Waals surface area contributed by atoms with E-state index in [1.165, 1.54) is 24.3 Å². The van der Waals surface area contributed by atoms with Gasteiger partial charge in [-0.1, -0.05) is 0 Å². The number of amides is 1. The van der Waals surface area contributed by atoms with E-state index in [9.17, 15) is 13.2 Å². The molecule has 1 amide bonds. The summed E-state index contributed by atoms with van der Waals surface area (Å²) in [6.07, 6.45) is 0. The summed E-state index contributed by atoms with van der Waals surface area (Å²) in [6, 6.07) is 5.68. The maximum atomic E-state index is 11.5. The quantitative estimate of drug-likeness (QED) is 0.536. The van der Waals surface area contributed by atoms with Crippen molar-refractivity contribution < 1.29 is 13.2 Å². The van der Waals surface area contributed by atoms with Crippen molar-refractivity contribution in [2.24, 2.45) is 5.84 Å². The van der Waals surface area contributed by atoms with Gasteiger partial charge < -0.3 is 5.43 Å². The second-order valence-corrected chi connectivity index (χ2v) is 4.51. The number of nitrogens with one attached hydrogen (secondary N) is 2. The van der Waals surface area contributed by atoms with Gasteiger partial charge in [-0.25, -0.2) is 13.1 Å². The van der Waals surface area contributed by atoms with E-state index in [0.29, 0.717) is 5.69 Å². The van der Waals surface area contributed by atoms with Crippen LogP contribution in [0.25, 0.3) is 0 Å². The number of nitrogens with two attached hydrogens (primary N) is 1. The lowest BCUT2D eigenvalue weighted by Crippen LogP contribution is -2.28.